The van der Waals surface area contributed by atoms with E-state index in [1.807, 2.05) is 13.2 Å². The van der Waals surface area contributed by atoms with Crippen LogP contribution in [0.3, 0.4) is 0 Å². The highest BCUT2D eigenvalue weighted by molar-refractivity contribution is 7.98. The summed E-state index contributed by atoms with van der Waals surface area (Å²) in [7, 11) is 0. The summed E-state index contributed by atoms with van der Waals surface area (Å²) in [5.74, 6) is 0.746. The van der Waals surface area contributed by atoms with Crippen LogP contribution in [0.25, 0.3) is 0 Å². The zero-order chi connectivity index (χ0) is 15.1. The molecular formula is C16H26N2O2S. The summed E-state index contributed by atoms with van der Waals surface area (Å²) in [6, 6.07) is 8.65. The maximum absolute atomic E-state index is 10.1. The monoisotopic (exact) mass is 310 g/mol. The summed E-state index contributed by atoms with van der Waals surface area (Å²) < 4.78 is 5.37. The van der Waals surface area contributed by atoms with E-state index in [0.29, 0.717) is 6.54 Å². The first kappa shape index (κ1) is 16.6. The molecule has 0 saturated carbocycles. The summed E-state index contributed by atoms with van der Waals surface area (Å²) >= 11 is 1.67. The molecule has 0 aliphatic carbocycles. The van der Waals surface area contributed by atoms with E-state index in [0.717, 1.165) is 38.6 Å². The predicted molar refractivity (Wildman–Crippen MR) is 90.2 cm³/mol. The third-order valence-corrected chi connectivity index (χ3v) is 4.51. The van der Waals surface area contributed by atoms with Crippen LogP contribution in [0.2, 0.25) is 0 Å². The number of rotatable bonds is 7. The van der Waals surface area contributed by atoms with Crippen LogP contribution in [-0.4, -0.2) is 55.6 Å². The molecule has 1 aliphatic rings. The molecule has 0 radical (unpaired) electrons. The van der Waals surface area contributed by atoms with Crippen LogP contribution in [0.1, 0.15) is 12.5 Å². The minimum atomic E-state index is -0.646. The van der Waals surface area contributed by atoms with E-state index in [1.165, 1.54) is 11.3 Å². The molecule has 1 aromatic carbocycles. The van der Waals surface area contributed by atoms with Crippen LogP contribution in [-0.2, 0) is 11.3 Å². The standard InChI is InChI=1S/C16H26N2O2S/c1-16(19,13-21-2)12-17-11-14-3-5-15(6-4-14)18-7-9-20-10-8-18/h3-6,17,19H,7-13H2,1-2H3. The number of ether oxygens (including phenoxy) is 1. The lowest BCUT2D eigenvalue weighted by Crippen LogP contribution is -2.39. The molecule has 1 atom stereocenters. The summed E-state index contributed by atoms with van der Waals surface area (Å²) in [4.78, 5) is 2.35. The molecule has 2 rings (SSSR count). The molecule has 1 aromatic rings. The second-order valence-corrected chi connectivity index (χ2v) is 6.67. The van der Waals surface area contributed by atoms with E-state index in [4.69, 9.17) is 4.74 Å². The lowest BCUT2D eigenvalue weighted by Gasteiger charge is -2.29. The van der Waals surface area contributed by atoms with Crippen molar-refractivity contribution in [1.29, 1.82) is 0 Å². The van der Waals surface area contributed by atoms with E-state index in [2.05, 4.69) is 34.5 Å². The van der Waals surface area contributed by atoms with Crippen molar-refractivity contribution < 1.29 is 9.84 Å². The molecule has 1 fully saturated rings. The van der Waals surface area contributed by atoms with Crippen molar-refractivity contribution in [3.63, 3.8) is 0 Å². The molecule has 0 amide bonds. The summed E-state index contributed by atoms with van der Waals surface area (Å²) in [5.41, 5.74) is 1.86. The molecule has 1 heterocycles. The normalized spacial score (nSPS) is 18.5. The summed E-state index contributed by atoms with van der Waals surface area (Å²) in [6.45, 7) is 6.83. The fourth-order valence-electron chi connectivity index (χ4n) is 2.48. The van der Waals surface area contributed by atoms with Gasteiger partial charge in [-0.25, -0.2) is 0 Å². The van der Waals surface area contributed by atoms with Crippen LogP contribution in [0.15, 0.2) is 24.3 Å². The highest BCUT2D eigenvalue weighted by Gasteiger charge is 2.18. The zero-order valence-electron chi connectivity index (χ0n) is 13.0. The highest BCUT2D eigenvalue weighted by Crippen LogP contribution is 2.17. The number of hydrogen-bond acceptors (Lipinski definition) is 5. The Hall–Kier alpha value is -0.750. The van der Waals surface area contributed by atoms with E-state index >= 15 is 0 Å². The fraction of sp³-hybridized carbons (Fsp3) is 0.625. The Morgan fingerprint density at radius 2 is 1.95 bits per heavy atom. The second kappa shape index (κ2) is 8.03. The first-order valence-electron chi connectivity index (χ1n) is 7.44. The molecule has 0 aromatic heterocycles. The molecule has 0 spiro atoms. The number of nitrogens with one attached hydrogen (secondary N) is 1. The van der Waals surface area contributed by atoms with Gasteiger partial charge in [-0.15, -0.1) is 0 Å². The van der Waals surface area contributed by atoms with Gasteiger partial charge in [0.2, 0.25) is 0 Å². The van der Waals surface area contributed by atoms with Gasteiger partial charge < -0.3 is 20.1 Å². The maximum Gasteiger partial charge on any atom is 0.0833 e. The Labute approximate surface area is 131 Å². The minimum absolute atomic E-state index is 0.610. The van der Waals surface area contributed by atoms with Crippen molar-refractivity contribution in [2.24, 2.45) is 0 Å². The van der Waals surface area contributed by atoms with E-state index in [1.54, 1.807) is 11.8 Å². The third kappa shape index (κ3) is 5.51. The summed E-state index contributed by atoms with van der Waals surface area (Å²) in [5, 5.41) is 13.4. The van der Waals surface area contributed by atoms with E-state index < -0.39 is 5.60 Å². The molecule has 1 aliphatic heterocycles. The van der Waals surface area contributed by atoms with Crippen molar-refractivity contribution in [1.82, 2.24) is 5.32 Å². The van der Waals surface area contributed by atoms with Gasteiger partial charge in [-0.3, -0.25) is 0 Å². The topological polar surface area (TPSA) is 44.7 Å². The number of nitrogens with zero attached hydrogens (tertiary/aromatic N) is 1. The van der Waals surface area contributed by atoms with Gasteiger partial charge in [0.05, 0.1) is 18.8 Å². The SMILES string of the molecule is CSCC(C)(O)CNCc1ccc(N2CCOCC2)cc1. The van der Waals surface area contributed by atoms with Crippen LogP contribution in [0, 0.1) is 0 Å². The Morgan fingerprint density at radius 3 is 2.57 bits per heavy atom. The summed E-state index contributed by atoms with van der Waals surface area (Å²) in [6.07, 6.45) is 2.01. The van der Waals surface area contributed by atoms with Crippen LogP contribution < -0.4 is 10.2 Å². The van der Waals surface area contributed by atoms with Gasteiger partial charge in [-0.05, 0) is 30.9 Å². The number of morpholine rings is 1. The third-order valence-electron chi connectivity index (χ3n) is 3.60. The zero-order valence-corrected chi connectivity index (χ0v) is 13.8. The molecule has 0 bridgehead atoms. The molecular weight excluding hydrogens is 284 g/mol. The second-order valence-electron chi connectivity index (χ2n) is 5.80. The minimum Gasteiger partial charge on any atom is -0.388 e. The highest BCUT2D eigenvalue weighted by atomic mass is 32.2. The van der Waals surface area contributed by atoms with Crippen LogP contribution >= 0.6 is 11.8 Å². The van der Waals surface area contributed by atoms with Gasteiger partial charge in [0, 0.05) is 37.6 Å². The number of hydrogen-bond donors (Lipinski definition) is 2. The van der Waals surface area contributed by atoms with Gasteiger partial charge in [-0.1, -0.05) is 12.1 Å². The first-order valence-corrected chi connectivity index (χ1v) is 8.84. The molecule has 4 nitrogen and oxygen atoms in total. The van der Waals surface area contributed by atoms with Crippen LogP contribution in [0.4, 0.5) is 5.69 Å². The van der Waals surface area contributed by atoms with Crippen LogP contribution in [0.5, 0.6) is 0 Å². The van der Waals surface area contributed by atoms with Crippen molar-refractivity contribution in [3.05, 3.63) is 29.8 Å². The molecule has 1 unspecified atom stereocenters. The van der Waals surface area contributed by atoms with E-state index in [9.17, 15) is 5.11 Å². The average molecular weight is 310 g/mol. The van der Waals surface area contributed by atoms with Gasteiger partial charge in [0.15, 0.2) is 0 Å². The van der Waals surface area contributed by atoms with Gasteiger partial charge in [-0.2, -0.15) is 11.8 Å². The smallest absolute Gasteiger partial charge is 0.0833 e. The number of aliphatic hydroxyl groups is 1. The Bertz CT molecular complexity index is 417. The lowest BCUT2D eigenvalue weighted by atomic mass is 10.1. The van der Waals surface area contributed by atoms with Crippen molar-refractivity contribution in [2.45, 2.75) is 19.1 Å². The Balaban J connectivity index is 1.79. The van der Waals surface area contributed by atoms with Gasteiger partial charge in [0.25, 0.3) is 0 Å². The molecule has 5 heteroatoms. The molecule has 118 valence electrons. The molecule has 1 saturated heterocycles. The van der Waals surface area contributed by atoms with Crippen molar-refractivity contribution in [2.75, 3.05) is 49.8 Å². The van der Waals surface area contributed by atoms with Crippen molar-refractivity contribution in [3.8, 4) is 0 Å². The largest absolute Gasteiger partial charge is 0.388 e. The van der Waals surface area contributed by atoms with E-state index in [-0.39, 0.29) is 0 Å². The quantitative estimate of drug-likeness (QED) is 0.803. The average Bonchev–Trinajstić information content (AvgIpc) is 2.48. The van der Waals surface area contributed by atoms with Gasteiger partial charge >= 0.3 is 0 Å². The van der Waals surface area contributed by atoms with Gasteiger partial charge in [0.1, 0.15) is 0 Å². The maximum atomic E-state index is 10.1. The number of anilines is 1. The number of thioether (sulfide) groups is 1. The Kier molecular flexibility index (Phi) is 6.36. The Morgan fingerprint density at radius 1 is 1.29 bits per heavy atom. The fourth-order valence-corrected chi connectivity index (χ4v) is 3.21. The first-order chi connectivity index (χ1) is 10.1. The molecule has 2 N–H and O–H groups in total. The predicted octanol–water partition coefficient (Wildman–Crippen LogP) is 1.73. The van der Waals surface area contributed by atoms with Crippen molar-refractivity contribution >= 4 is 17.4 Å². The number of benzene rings is 1. The molecule has 21 heavy (non-hydrogen) atoms. The lowest BCUT2D eigenvalue weighted by molar-refractivity contribution is 0.0846.